The fraction of sp³-hybridized carbons (Fsp3) is 0.625. The van der Waals surface area contributed by atoms with Gasteiger partial charge in [0.25, 0.3) is 0 Å². The van der Waals surface area contributed by atoms with Crippen LogP contribution in [0.25, 0.3) is 0 Å². The normalized spacial score (nSPS) is 16.6. The van der Waals surface area contributed by atoms with Crippen LogP contribution in [0.2, 0.25) is 0 Å². The highest BCUT2D eigenvalue weighted by Gasteiger charge is 2.43. The van der Waals surface area contributed by atoms with Gasteiger partial charge in [0.2, 0.25) is 0 Å². The second kappa shape index (κ2) is 5.94. The molecular weight excluding hydrogens is 271 g/mol. The predicted molar refractivity (Wildman–Crippen MR) is 56.0 cm³/mol. The molecular formula is C8H13O9P. The molecule has 3 atom stereocenters. The van der Waals surface area contributed by atoms with E-state index in [1.54, 1.807) is 0 Å². The second-order valence-corrected chi connectivity index (χ2v) is 5.48. The average molecular weight is 284 g/mol. The van der Waals surface area contributed by atoms with Gasteiger partial charge in [-0.25, -0.2) is 0 Å². The Hall–Kier alpha value is -1.44. The van der Waals surface area contributed by atoms with E-state index in [-0.39, 0.29) is 0 Å². The Morgan fingerprint density at radius 1 is 1.00 bits per heavy atom. The van der Waals surface area contributed by atoms with Crippen molar-refractivity contribution in [3.05, 3.63) is 0 Å². The molecule has 0 aliphatic carbocycles. The lowest BCUT2D eigenvalue weighted by molar-refractivity contribution is -0.160. The van der Waals surface area contributed by atoms with Gasteiger partial charge in [0.05, 0.1) is 23.9 Å². The van der Waals surface area contributed by atoms with Crippen LogP contribution in [-0.2, 0) is 18.9 Å². The van der Waals surface area contributed by atoms with Gasteiger partial charge < -0.3 is 25.1 Å². The summed E-state index contributed by atoms with van der Waals surface area (Å²) in [7, 11) is -4.78. The van der Waals surface area contributed by atoms with Gasteiger partial charge in [-0.1, -0.05) is 6.92 Å². The molecule has 0 spiro atoms. The predicted octanol–water partition coefficient (Wildman–Crippen LogP) is -0.714. The van der Waals surface area contributed by atoms with Crippen molar-refractivity contribution in [2.75, 3.05) is 6.16 Å². The minimum absolute atomic E-state index is 0.969. The van der Waals surface area contributed by atoms with Crippen molar-refractivity contribution in [3.8, 4) is 0 Å². The molecule has 18 heavy (non-hydrogen) atoms. The molecule has 0 heterocycles. The van der Waals surface area contributed by atoms with E-state index in [9.17, 15) is 18.9 Å². The zero-order valence-corrected chi connectivity index (χ0v) is 10.1. The summed E-state index contributed by atoms with van der Waals surface area (Å²) in [5.41, 5.74) is 0. The highest BCUT2D eigenvalue weighted by molar-refractivity contribution is 7.51. The summed E-state index contributed by atoms with van der Waals surface area (Å²) in [4.78, 5) is 49.8. The van der Waals surface area contributed by atoms with E-state index >= 15 is 0 Å². The second-order valence-electron chi connectivity index (χ2n) is 3.78. The Morgan fingerprint density at radius 3 is 1.67 bits per heavy atom. The van der Waals surface area contributed by atoms with Crippen LogP contribution in [0.3, 0.4) is 0 Å². The van der Waals surface area contributed by atoms with Crippen LogP contribution in [-0.4, -0.2) is 49.2 Å². The van der Waals surface area contributed by atoms with Gasteiger partial charge in [0.15, 0.2) is 0 Å². The Bertz CT molecular complexity index is 397. The number of hydrogen-bond acceptors (Lipinski definition) is 4. The number of carbonyl (C=O) groups is 3. The first-order chi connectivity index (χ1) is 7.97. The zero-order valence-electron chi connectivity index (χ0n) is 9.26. The zero-order chi connectivity index (χ0) is 14.7. The van der Waals surface area contributed by atoms with Crippen LogP contribution in [0, 0.1) is 17.8 Å². The van der Waals surface area contributed by atoms with Gasteiger partial charge in [-0.3, -0.25) is 18.9 Å². The molecule has 0 aromatic rings. The van der Waals surface area contributed by atoms with Crippen LogP contribution in [0.4, 0.5) is 0 Å². The van der Waals surface area contributed by atoms with Gasteiger partial charge >= 0.3 is 25.5 Å². The van der Waals surface area contributed by atoms with E-state index in [2.05, 4.69) is 0 Å². The van der Waals surface area contributed by atoms with E-state index < -0.39 is 49.4 Å². The maximum absolute atomic E-state index is 10.9. The molecule has 0 aliphatic heterocycles. The summed E-state index contributed by atoms with van der Waals surface area (Å²) < 4.78 is 10.8. The van der Waals surface area contributed by atoms with Crippen LogP contribution in [0.1, 0.15) is 6.92 Å². The molecule has 0 aromatic heterocycles. The molecule has 0 saturated heterocycles. The van der Waals surface area contributed by atoms with Crippen LogP contribution < -0.4 is 0 Å². The highest BCUT2D eigenvalue weighted by Crippen LogP contribution is 2.40. The Kier molecular flexibility index (Phi) is 5.47. The lowest BCUT2D eigenvalue weighted by Crippen LogP contribution is -2.39. The van der Waals surface area contributed by atoms with E-state index in [0.29, 0.717) is 0 Å². The molecule has 3 unspecified atom stereocenters. The molecule has 104 valence electrons. The van der Waals surface area contributed by atoms with Crippen molar-refractivity contribution < 1.29 is 44.1 Å². The lowest BCUT2D eigenvalue weighted by atomic mass is 9.83. The molecule has 5 N–H and O–H groups in total. The van der Waals surface area contributed by atoms with Gasteiger partial charge in [0.1, 0.15) is 0 Å². The monoisotopic (exact) mass is 284 g/mol. The molecule has 10 heteroatoms. The third-order valence-electron chi connectivity index (χ3n) is 2.40. The first-order valence-corrected chi connectivity index (χ1v) is 6.50. The maximum Gasteiger partial charge on any atom is 0.326 e. The van der Waals surface area contributed by atoms with Gasteiger partial charge in [-0.15, -0.1) is 0 Å². The van der Waals surface area contributed by atoms with Crippen molar-refractivity contribution in [1.29, 1.82) is 0 Å². The topological polar surface area (TPSA) is 169 Å². The molecule has 0 bridgehead atoms. The molecule has 9 nitrogen and oxygen atoms in total. The molecule has 0 amide bonds. The maximum atomic E-state index is 10.9. The fourth-order valence-corrected chi connectivity index (χ4v) is 2.39. The number of carboxylic acids is 3. The van der Waals surface area contributed by atoms with Crippen molar-refractivity contribution in [1.82, 2.24) is 0 Å². The summed E-state index contributed by atoms with van der Waals surface area (Å²) in [5, 5.41) is 26.3. The molecule has 0 saturated carbocycles. The van der Waals surface area contributed by atoms with Crippen molar-refractivity contribution in [3.63, 3.8) is 0 Å². The Labute approximate surface area is 101 Å². The van der Waals surface area contributed by atoms with Crippen molar-refractivity contribution in [2.45, 2.75) is 6.92 Å². The lowest BCUT2D eigenvalue weighted by Gasteiger charge is -2.23. The van der Waals surface area contributed by atoms with Crippen molar-refractivity contribution in [2.24, 2.45) is 17.8 Å². The van der Waals surface area contributed by atoms with Crippen molar-refractivity contribution >= 4 is 25.5 Å². The first kappa shape index (κ1) is 16.6. The molecule has 0 fully saturated rings. The van der Waals surface area contributed by atoms with Crippen LogP contribution in [0.5, 0.6) is 0 Å². The van der Waals surface area contributed by atoms with E-state index in [1.807, 2.05) is 0 Å². The number of carboxylic acid groups (broad SMARTS) is 3. The largest absolute Gasteiger partial charge is 0.481 e. The third-order valence-corrected chi connectivity index (χ3v) is 3.27. The SMILES string of the molecule is CC(C(=O)O)C(C(=O)O)C(CP(=O)(O)O)C(=O)O. The minimum Gasteiger partial charge on any atom is -0.481 e. The number of hydrogen-bond donors (Lipinski definition) is 5. The summed E-state index contributed by atoms with van der Waals surface area (Å²) in [6.07, 6.45) is -1.23. The summed E-state index contributed by atoms with van der Waals surface area (Å²) in [6.45, 7) is 0.969. The number of rotatable bonds is 7. The highest BCUT2D eigenvalue weighted by atomic mass is 31.2. The summed E-state index contributed by atoms with van der Waals surface area (Å²) >= 11 is 0. The van der Waals surface area contributed by atoms with E-state index in [1.165, 1.54) is 0 Å². The summed E-state index contributed by atoms with van der Waals surface area (Å²) in [6, 6.07) is 0. The first-order valence-electron chi connectivity index (χ1n) is 4.70. The van der Waals surface area contributed by atoms with Gasteiger partial charge in [-0.05, 0) is 0 Å². The standard InChI is InChI=1S/C8H13O9P/c1-3(6(9)10)5(8(13)14)4(7(11)12)2-18(15,16)17/h3-5H,2H2,1H3,(H,9,10)(H,11,12)(H,13,14)(H2,15,16,17). The van der Waals surface area contributed by atoms with E-state index in [4.69, 9.17) is 25.1 Å². The Morgan fingerprint density at radius 2 is 1.44 bits per heavy atom. The average Bonchev–Trinajstić information content (AvgIpc) is 2.13. The molecule has 0 rings (SSSR count). The van der Waals surface area contributed by atoms with E-state index in [0.717, 1.165) is 6.92 Å². The molecule has 0 aromatic carbocycles. The number of aliphatic carboxylic acids is 3. The Balaban J connectivity index is 5.38. The molecule has 0 aliphatic rings. The minimum atomic E-state index is -4.78. The van der Waals surface area contributed by atoms with Gasteiger partial charge in [-0.2, -0.15) is 0 Å². The third kappa shape index (κ3) is 4.82. The quantitative estimate of drug-likeness (QED) is 0.379. The summed E-state index contributed by atoms with van der Waals surface area (Å²) in [5.74, 6) is -10.5. The van der Waals surface area contributed by atoms with Crippen LogP contribution >= 0.6 is 7.60 Å². The molecule has 0 radical (unpaired) electrons. The fourth-order valence-electron chi connectivity index (χ4n) is 1.49. The van der Waals surface area contributed by atoms with Crippen LogP contribution in [0.15, 0.2) is 0 Å². The smallest absolute Gasteiger partial charge is 0.326 e. The van der Waals surface area contributed by atoms with Gasteiger partial charge in [0, 0.05) is 0 Å².